The van der Waals surface area contributed by atoms with Crippen molar-refractivity contribution in [2.24, 2.45) is 5.92 Å². The molecule has 0 amide bonds. The molecule has 16 heavy (non-hydrogen) atoms. The van der Waals surface area contributed by atoms with Crippen molar-refractivity contribution >= 4 is 23.0 Å². The summed E-state index contributed by atoms with van der Waals surface area (Å²) in [7, 11) is 0. The Hall–Kier alpha value is -0.890. The summed E-state index contributed by atoms with van der Waals surface area (Å²) in [4.78, 5) is 2.52. The lowest BCUT2D eigenvalue weighted by molar-refractivity contribution is 0.553. The van der Waals surface area contributed by atoms with Crippen LogP contribution in [0.2, 0.25) is 5.02 Å². The summed E-state index contributed by atoms with van der Waals surface area (Å²) in [6, 6.07) is 4.76. The van der Waals surface area contributed by atoms with E-state index in [1.165, 1.54) is 37.1 Å². The number of hydrogen-bond donors (Lipinski definition) is 1. The second-order valence-electron chi connectivity index (χ2n) is 5.15. The van der Waals surface area contributed by atoms with Gasteiger partial charge in [-0.1, -0.05) is 11.6 Å². The fraction of sp³-hybridized carbons (Fsp3) is 0.538. The maximum absolute atomic E-state index is 6.11. The van der Waals surface area contributed by atoms with Crippen LogP contribution in [0.5, 0.6) is 0 Å². The molecule has 2 fully saturated rings. The quantitative estimate of drug-likeness (QED) is 0.759. The Morgan fingerprint density at radius 2 is 2.19 bits per heavy atom. The molecule has 2 aliphatic rings. The van der Waals surface area contributed by atoms with Crippen molar-refractivity contribution in [3.05, 3.63) is 22.7 Å². The minimum Gasteiger partial charge on any atom is -0.398 e. The van der Waals surface area contributed by atoms with Crippen LogP contribution in [0.15, 0.2) is 12.1 Å². The molecule has 1 aromatic carbocycles. The molecule has 2 nitrogen and oxygen atoms in total. The van der Waals surface area contributed by atoms with Gasteiger partial charge in [-0.3, -0.25) is 0 Å². The highest BCUT2D eigenvalue weighted by Crippen LogP contribution is 2.42. The van der Waals surface area contributed by atoms with Gasteiger partial charge in [0.05, 0.1) is 10.7 Å². The van der Waals surface area contributed by atoms with E-state index in [4.69, 9.17) is 17.3 Å². The highest BCUT2D eigenvalue weighted by Gasteiger charge is 2.38. The molecule has 0 radical (unpaired) electrons. The SMILES string of the molecule is Cc1cc(N)c(Cl)cc1N1CC2CCC1C2. The summed E-state index contributed by atoms with van der Waals surface area (Å²) in [5, 5.41) is 0.684. The first-order valence-electron chi connectivity index (χ1n) is 5.97. The lowest BCUT2D eigenvalue weighted by Crippen LogP contribution is -2.32. The van der Waals surface area contributed by atoms with E-state index in [2.05, 4.69) is 11.8 Å². The first-order chi connectivity index (χ1) is 7.65. The maximum atomic E-state index is 6.11. The van der Waals surface area contributed by atoms with Gasteiger partial charge in [-0.2, -0.15) is 0 Å². The zero-order chi connectivity index (χ0) is 11.3. The van der Waals surface area contributed by atoms with Gasteiger partial charge in [0.15, 0.2) is 0 Å². The highest BCUT2D eigenvalue weighted by atomic mass is 35.5. The lowest BCUT2D eigenvalue weighted by Gasteiger charge is -2.30. The minimum atomic E-state index is 0.684. The Kier molecular flexibility index (Phi) is 2.28. The predicted molar refractivity (Wildman–Crippen MR) is 69.1 cm³/mol. The number of halogens is 1. The van der Waals surface area contributed by atoms with E-state index in [-0.39, 0.29) is 0 Å². The molecule has 3 heteroatoms. The van der Waals surface area contributed by atoms with Crippen molar-refractivity contribution in [1.29, 1.82) is 0 Å². The van der Waals surface area contributed by atoms with Crippen LogP contribution in [0, 0.1) is 12.8 Å². The van der Waals surface area contributed by atoms with Gasteiger partial charge < -0.3 is 10.6 Å². The van der Waals surface area contributed by atoms with E-state index >= 15 is 0 Å². The molecule has 86 valence electrons. The van der Waals surface area contributed by atoms with Gasteiger partial charge >= 0.3 is 0 Å². The fourth-order valence-electron chi connectivity index (χ4n) is 3.22. The smallest absolute Gasteiger partial charge is 0.0656 e. The van der Waals surface area contributed by atoms with Crippen molar-refractivity contribution in [2.45, 2.75) is 32.2 Å². The normalized spacial score (nSPS) is 27.8. The van der Waals surface area contributed by atoms with Crippen LogP contribution < -0.4 is 10.6 Å². The van der Waals surface area contributed by atoms with E-state index in [1.54, 1.807) is 0 Å². The van der Waals surface area contributed by atoms with Crippen LogP contribution in [-0.4, -0.2) is 12.6 Å². The zero-order valence-electron chi connectivity index (χ0n) is 9.54. The Balaban J connectivity index is 1.98. The second-order valence-corrected chi connectivity index (χ2v) is 5.55. The molecule has 1 aliphatic heterocycles. The average Bonchev–Trinajstić information content (AvgIpc) is 2.84. The number of nitrogens with two attached hydrogens (primary N) is 1. The van der Waals surface area contributed by atoms with E-state index in [9.17, 15) is 0 Å². The molecule has 3 rings (SSSR count). The summed E-state index contributed by atoms with van der Waals surface area (Å²) in [5.74, 6) is 0.903. The molecular formula is C13H17ClN2. The number of hydrogen-bond acceptors (Lipinski definition) is 2. The third kappa shape index (κ3) is 1.47. The van der Waals surface area contributed by atoms with Crippen LogP contribution in [0.3, 0.4) is 0 Å². The van der Waals surface area contributed by atoms with Crippen molar-refractivity contribution in [2.75, 3.05) is 17.2 Å². The van der Waals surface area contributed by atoms with Gasteiger partial charge in [-0.15, -0.1) is 0 Å². The summed E-state index contributed by atoms with van der Waals surface area (Å²) in [6.07, 6.45) is 4.11. The van der Waals surface area contributed by atoms with Crippen LogP contribution in [0.25, 0.3) is 0 Å². The molecule has 1 saturated carbocycles. The summed E-state index contributed by atoms with van der Waals surface area (Å²) in [5.41, 5.74) is 9.03. The Morgan fingerprint density at radius 3 is 2.81 bits per heavy atom. The molecule has 2 atom stereocenters. The fourth-order valence-corrected chi connectivity index (χ4v) is 3.38. The van der Waals surface area contributed by atoms with Crippen LogP contribution in [0.1, 0.15) is 24.8 Å². The van der Waals surface area contributed by atoms with Gasteiger partial charge in [0.25, 0.3) is 0 Å². The van der Waals surface area contributed by atoms with Crippen LogP contribution in [-0.2, 0) is 0 Å². The number of rotatable bonds is 1. The Labute approximate surface area is 101 Å². The monoisotopic (exact) mass is 236 g/mol. The molecule has 0 spiro atoms. The predicted octanol–water partition coefficient (Wildman–Crippen LogP) is 3.22. The van der Waals surface area contributed by atoms with Gasteiger partial charge in [0, 0.05) is 18.3 Å². The van der Waals surface area contributed by atoms with Crippen LogP contribution in [0.4, 0.5) is 11.4 Å². The molecular weight excluding hydrogens is 220 g/mol. The minimum absolute atomic E-state index is 0.684. The van der Waals surface area contributed by atoms with Crippen LogP contribution >= 0.6 is 11.6 Å². The topological polar surface area (TPSA) is 29.3 Å². The summed E-state index contributed by atoms with van der Waals surface area (Å²) >= 11 is 6.11. The van der Waals surface area contributed by atoms with Crippen molar-refractivity contribution in [1.82, 2.24) is 0 Å². The number of nitrogens with zero attached hydrogens (tertiary/aromatic N) is 1. The van der Waals surface area contributed by atoms with E-state index in [1.807, 2.05) is 12.1 Å². The molecule has 0 aromatic heterocycles. The number of piperidine rings is 1. The molecule has 1 heterocycles. The zero-order valence-corrected chi connectivity index (χ0v) is 10.3. The molecule has 1 aliphatic carbocycles. The lowest BCUT2D eigenvalue weighted by atomic mass is 10.1. The number of nitrogen functional groups attached to an aromatic ring is 1. The third-order valence-electron chi connectivity index (χ3n) is 4.03. The average molecular weight is 237 g/mol. The third-order valence-corrected chi connectivity index (χ3v) is 4.36. The Morgan fingerprint density at radius 1 is 1.38 bits per heavy atom. The maximum Gasteiger partial charge on any atom is 0.0656 e. The number of fused-ring (bicyclic) bond motifs is 2. The number of aryl methyl sites for hydroxylation is 1. The summed E-state index contributed by atoms with van der Waals surface area (Å²) in [6.45, 7) is 3.32. The number of anilines is 2. The molecule has 1 aromatic rings. The summed E-state index contributed by atoms with van der Waals surface area (Å²) < 4.78 is 0. The van der Waals surface area contributed by atoms with E-state index < -0.39 is 0 Å². The number of benzene rings is 1. The van der Waals surface area contributed by atoms with Gasteiger partial charge in [0.1, 0.15) is 0 Å². The van der Waals surface area contributed by atoms with Gasteiger partial charge in [-0.05, 0) is 49.8 Å². The Bertz CT molecular complexity index is 430. The molecule has 2 N–H and O–H groups in total. The van der Waals surface area contributed by atoms with Crippen molar-refractivity contribution in [3.8, 4) is 0 Å². The molecule has 2 bridgehead atoms. The molecule has 2 unspecified atom stereocenters. The highest BCUT2D eigenvalue weighted by molar-refractivity contribution is 6.33. The second kappa shape index (κ2) is 3.56. The standard InChI is InChI=1S/C13H17ClN2/c1-8-4-12(15)11(14)6-13(8)16-7-9-2-3-10(16)5-9/h4,6,9-10H,2-3,5,7,15H2,1H3. The van der Waals surface area contributed by atoms with Crippen molar-refractivity contribution < 1.29 is 0 Å². The first-order valence-corrected chi connectivity index (χ1v) is 6.35. The van der Waals surface area contributed by atoms with Gasteiger partial charge in [-0.25, -0.2) is 0 Å². The van der Waals surface area contributed by atoms with Crippen molar-refractivity contribution in [3.63, 3.8) is 0 Å². The van der Waals surface area contributed by atoms with Gasteiger partial charge in [0.2, 0.25) is 0 Å². The largest absolute Gasteiger partial charge is 0.398 e. The van der Waals surface area contributed by atoms with E-state index in [0.717, 1.165) is 12.0 Å². The molecule has 1 saturated heterocycles. The first kappa shape index (κ1) is 10.3. The van der Waals surface area contributed by atoms with E-state index in [0.29, 0.717) is 10.7 Å².